The first-order chi connectivity index (χ1) is 10.6. The Hall–Kier alpha value is -1.69. The van der Waals surface area contributed by atoms with Gasteiger partial charge < -0.3 is 10.2 Å². The Morgan fingerprint density at radius 1 is 1.23 bits per heavy atom. The van der Waals surface area contributed by atoms with Gasteiger partial charge in [-0.15, -0.1) is 0 Å². The Balaban J connectivity index is 1.50. The molecule has 2 aromatic heterocycles. The lowest BCUT2D eigenvalue weighted by Gasteiger charge is -2.34. The van der Waals surface area contributed by atoms with Crippen LogP contribution in [0.3, 0.4) is 0 Å². The number of aromatic nitrogens is 4. The van der Waals surface area contributed by atoms with E-state index < -0.39 is 0 Å². The van der Waals surface area contributed by atoms with Gasteiger partial charge in [0.05, 0.1) is 11.6 Å². The van der Waals surface area contributed by atoms with Crippen LogP contribution in [0, 0.1) is 11.8 Å². The third-order valence-corrected chi connectivity index (χ3v) is 4.42. The quantitative estimate of drug-likeness (QED) is 0.858. The van der Waals surface area contributed by atoms with Crippen molar-refractivity contribution in [1.29, 1.82) is 0 Å². The molecular formula is C16H26N6. The van der Waals surface area contributed by atoms with E-state index in [4.69, 9.17) is 0 Å². The van der Waals surface area contributed by atoms with Gasteiger partial charge in [0.15, 0.2) is 5.65 Å². The third kappa shape index (κ3) is 3.38. The lowest BCUT2D eigenvalue weighted by atomic mass is 9.92. The molecule has 6 nitrogen and oxygen atoms in total. The lowest BCUT2D eigenvalue weighted by Crippen LogP contribution is -2.39. The van der Waals surface area contributed by atoms with Gasteiger partial charge in [0.25, 0.3) is 0 Å². The molecule has 0 radical (unpaired) electrons. The first-order valence-corrected chi connectivity index (χ1v) is 8.22. The predicted octanol–water partition coefficient (Wildman–Crippen LogP) is 2.14. The second-order valence-corrected chi connectivity index (χ2v) is 6.71. The molecule has 2 aromatic rings. The summed E-state index contributed by atoms with van der Waals surface area (Å²) < 4.78 is 1.78. The summed E-state index contributed by atoms with van der Waals surface area (Å²) in [5.74, 6) is 2.54. The number of aryl methyl sites for hydroxylation is 1. The molecule has 0 aliphatic carbocycles. The molecule has 0 unspecified atom stereocenters. The molecule has 1 aliphatic rings. The summed E-state index contributed by atoms with van der Waals surface area (Å²) in [6.45, 7) is 9.29. The van der Waals surface area contributed by atoms with Crippen molar-refractivity contribution in [3.05, 3.63) is 12.5 Å². The number of piperidine rings is 1. The SMILES string of the molecule is C[C@@H]1C[C@@H](C)CN(CCCNc2ncnc3c2cnn3C)C1. The zero-order valence-electron chi connectivity index (χ0n) is 13.8. The van der Waals surface area contributed by atoms with Gasteiger partial charge >= 0.3 is 0 Å². The van der Waals surface area contributed by atoms with Crippen LogP contribution in [0.15, 0.2) is 12.5 Å². The summed E-state index contributed by atoms with van der Waals surface area (Å²) in [6, 6.07) is 0. The first-order valence-electron chi connectivity index (χ1n) is 8.22. The number of hydrogen-bond acceptors (Lipinski definition) is 5. The van der Waals surface area contributed by atoms with Gasteiger partial charge in [-0.2, -0.15) is 5.10 Å². The minimum absolute atomic E-state index is 0.827. The van der Waals surface area contributed by atoms with Crippen LogP contribution in [0.4, 0.5) is 5.82 Å². The second-order valence-electron chi connectivity index (χ2n) is 6.71. The molecule has 1 N–H and O–H groups in total. The van der Waals surface area contributed by atoms with Gasteiger partial charge in [-0.1, -0.05) is 13.8 Å². The highest BCUT2D eigenvalue weighted by molar-refractivity contribution is 5.85. The van der Waals surface area contributed by atoms with E-state index in [2.05, 4.69) is 39.1 Å². The average Bonchev–Trinajstić information content (AvgIpc) is 2.85. The molecule has 1 fully saturated rings. The molecule has 3 heterocycles. The van der Waals surface area contributed by atoms with E-state index in [1.54, 1.807) is 11.0 Å². The zero-order valence-corrected chi connectivity index (χ0v) is 13.8. The molecule has 0 amide bonds. The fourth-order valence-electron chi connectivity index (χ4n) is 3.59. The van der Waals surface area contributed by atoms with E-state index in [1.165, 1.54) is 19.5 Å². The van der Waals surface area contributed by atoms with Crippen LogP contribution >= 0.6 is 0 Å². The number of fused-ring (bicyclic) bond motifs is 1. The highest BCUT2D eigenvalue weighted by Crippen LogP contribution is 2.21. The molecule has 0 bridgehead atoms. The molecule has 0 saturated carbocycles. The Bertz CT molecular complexity index is 612. The normalized spacial score (nSPS) is 23.0. The minimum Gasteiger partial charge on any atom is -0.369 e. The molecule has 6 heteroatoms. The second kappa shape index (κ2) is 6.60. The molecule has 3 rings (SSSR count). The summed E-state index contributed by atoms with van der Waals surface area (Å²) in [7, 11) is 1.90. The summed E-state index contributed by atoms with van der Waals surface area (Å²) in [6.07, 6.45) is 5.92. The Morgan fingerprint density at radius 2 is 2.00 bits per heavy atom. The van der Waals surface area contributed by atoms with E-state index in [0.29, 0.717) is 0 Å². The lowest BCUT2D eigenvalue weighted by molar-refractivity contribution is 0.141. The van der Waals surface area contributed by atoms with Crippen molar-refractivity contribution in [1.82, 2.24) is 24.6 Å². The van der Waals surface area contributed by atoms with Crippen molar-refractivity contribution in [2.75, 3.05) is 31.5 Å². The van der Waals surface area contributed by atoms with E-state index in [1.807, 2.05) is 13.2 Å². The number of nitrogens with one attached hydrogen (secondary N) is 1. The number of hydrogen-bond donors (Lipinski definition) is 1. The summed E-state index contributed by atoms with van der Waals surface area (Å²) in [5.41, 5.74) is 0.871. The van der Waals surface area contributed by atoms with Gasteiger partial charge in [0, 0.05) is 26.7 Å². The van der Waals surface area contributed by atoms with Crippen molar-refractivity contribution in [2.24, 2.45) is 18.9 Å². The zero-order chi connectivity index (χ0) is 15.5. The van der Waals surface area contributed by atoms with Gasteiger partial charge in [0.1, 0.15) is 12.1 Å². The Labute approximate surface area is 131 Å². The number of rotatable bonds is 5. The Kier molecular flexibility index (Phi) is 4.57. The van der Waals surface area contributed by atoms with Crippen LogP contribution in [-0.4, -0.2) is 50.8 Å². The van der Waals surface area contributed by atoms with Gasteiger partial charge in [-0.25, -0.2) is 9.97 Å². The van der Waals surface area contributed by atoms with Crippen molar-refractivity contribution >= 4 is 16.9 Å². The van der Waals surface area contributed by atoms with Crippen molar-refractivity contribution in [3.8, 4) is 0 Å². The maximum absolute atomic E-state index is 4.34. The van der Waals surface area contributed by atoms with Crippen molar-refractivity contribution in [2.45, 2.75) is 26.7 Å². The van der Waals surface area contributed by atoms with E-state index in [-0.39, 0.29) is 0 Å². The topological polar surface area (TPSA) is 58.9 Å². The molecule has 1 saturated heterocycles. The number of anilines is 1. The standard InChI is InChI=1S/C16H26N6/c1-12-7-13(2)10-22(9-12)6-4-5-17-15-14-8-20-21(3)16(14)19-11-18-15/h8,11-13H,4-7,9-10H2,1-3H3,(H,17,18,19)/t12-,13-/m1/s1. The van der Waals surface area contributed by atoms with E-state index in [0.717, 1.165) is 48.2 Å². The Morgan fingerprint density at radius 3 is 2.77 bits per heavy atom. The minimum atomic E-state index is 0.827. The molecule has 120 valence electrons. The van der Waals surface area contributed by atoms with Gasteiger partial charge in [-0.3, -0.25) is 4.68 Å². The van der Waals surface area contributed by atoms with Crippen LogP contribution in [-0.2, 0) is 7.05 Å². The monoisotopic (exact) mass is 302 g/mol. The molecular weight excluding hydrogens is 276 g/mol. The molecule has 2 atom stereocenters. The summed E-state index contributed by atoms with van der Waals surface area (Å²) >= 11 is 0. The summed E-state index contributed by atoms with van der Waals surface area (Å²) in [5, 5.41) is 8.66. The number of likely N-dealkylation sites (tertiary alicyclic amines) is 1. The highest BCUT2D eigenvalue weighted by atomic mass is 15.3. The third-order valence-electron chi connectivity index (χ3n) is 4.42. The predicted molar refractivity (Wildman–Crippen MR) is 88.8 cm³/mol. The van der Waals surface area contributed by atoms with Crippen LogP contribution in [0.2, 0.25) is 0 Å². The molecule has 1 aliphatic heterocycles. The van der Waals surface area contributed by atoms with E-state index >= 15 is 0 Å². The van der Waals surface area contributed by atoms with Gasteiger partial charge in [-0.05, 0) is 31.2 Å². The average molecular weight is 302 g/mol. The van der Waals surface area contributed by atoms with Crippen LogP contribution < -0.4 is 5.32 Å². The van der Waals surface area contributed by atoms with Crippen LogP contribution in [0.25, 0.3) is 11.0 Å². The molecule has 0 spiro atoms. The fourth-order valence-corrected chi connectivity index (χ4v) is 3.59. The fraction of sp³-hybridized carbons (Fsp3) is 0.688. The smallest absolute Gasteiger partial charge is 0.163 e. The van der Waals surface area contributed by atoms with Crippen molar-refractivity contribution < 1.29 is 0 Å². The van der Waals surface area contributed by atoms with Crippen LogP contribution in [0.5, 0.6) is 0 Å². The number of nitrogens with zero attached hydrogens (tertiary/aromatic N) is 5. The first kappa shape index (κ1) is 15.2. The van der Waals surface area contributed by atoms with Gasteiger partial charge in [0.2, 0.25) is 0 Å². The maximum atomic E-state index is 4.34. The van der Waals surface area contributed by atoms with Crippen LogP contribution in [0.1, 0.15) is 26.7 Å². The molecule has 0 aromatic carbocycles. The van der Waals surface area contributed by atoms with Crippen molar-refractivity contribution in [3.63, 3.8) is 0 Å². The highest BCUT2D eigenvalue weighted by Gasteiger charge is 2.21. The van der Waals surface area contributed by atoms with E-state index in [9.17, 15) is 0 Å². The largest absolute Gasteiger partial charge is 0.369 e. The molecule has 22 heavy (non-hydrogen) atoms. The summed E-state index contributed by atoms with van der Waals surface area (Å²) in [4.78, 5) is 11.2. The maximum Gasteiger partial charge on any atom is 0.163 e.